The number of H-pyrrole nitrogens is 1. The SMILES string of the molecule is CC(CCC1CCCO1)NCc1cnc[nH]1. The summed E-state index contributed by atoms with van der Waals surface area (Å²) >= 11 is 0. The van der Waals surface area contributed by atoms with Crippen molar-refractivity contribution in [3.05, 3.63) is 18.2 Å². The van der Waals surface area contributed by atoms with Gasteiger partial charge in [-0.1, -0.05) is 0 Å². The highest BCUT2D eigenvalue weighted by Crippen LogP contribution is 2.17. The zero-order valence-corrected chi connectivity index (χ0v) is 9.91. The Hall–Kier alpha value is -0.870. The number of hydrogen-bond donors (Lipinski definition) is 2. The van der Waals surface area contributed by atoms with E-state index in [1.165, 1.54) is 25.7 Å². The molecule has 0 amide bonds. The van der Waals surface area contributed by atoms with E-state index in [1.807, 2.05) is 6.20 Å². The molecule has 2 N–H and O–H groups in total. The molecule has 0 bridgehead atoms. The van der Waals surface area contributed by atoms with Crippen LogP contribution in [-0.4, -0.2) is 28.7 Å². The first kappa shape index (κ1) is 11.6. The molecule has 2 rings (SSSR count). The van der Waals surface area contributed by atoms with Crippen LogP contribution in [0.5, 0.6) is 0 Å². The Labute approximate surface area is 96.8 Å². The molecule has 2 unspecified atom stereocenters. The summed E-state index contributed by atoms with van der Waals surface area (Å²) in [6, 6.07) is 0.535. The molecule has 1 aliphatic rings. The Kier molecular flexibility index (Phi) is 4.36. The van der Waals surface area contributed by atoms with Crippen molar-refractivity contribution in [2.45, 2.75) is 51.3 Å². The van der Waals surface area contributed by atoms with E-state index in [9.17, 15) is 0 Å². The molecule has 0 radical (unpaired) electrons. The van der Waals surface area contributed by atoms with Gasteiger partial charge in [0.2, 0.25) is 0 Å². The standard InChI is InChI=1S/C12H21N3O/c1-10(4-5-12-3-2-6-16-12)14-8-11-7-13-9-15-11/h7,9-10,12,14H,2-6,8H2,1H3,(H,13,15). The molecule has 1 aliphatic heterocycles. The van der Waals surface area contributed by atoms with Gasteiger partial charge in [-0.2, -0.15) is 0 Å². The summed E-state index contributed by atoms with van der Waals surface area (Å²) in [7, 11) is 0. The maximum atomic E-state index is 5.61. The molecule has 0 aliphatic carbocycles. The lowest BCUT2D eigenvalue weighted by atomic mass is 10.1. The van der Waals surface area contributed by atoms with Crippen LogP contribution in [0, 0.1) is 0 Å². The van der Waals surface area contributed by atoms with Crippen molar-refractivity contribution >= 4 is 0 Å². The molecule has 1 aromatic rings. The molecule has 4 heteroatoms. The maximum Gasteiger partial charge on any atom is 0.0922 e. The number of hydrogen-bond acceptors (Lipinski definition) is 3. The number of aromatic nitrogens is 2. The Morgan fingerprint density at radius 3 is 3.31 bits per heavy atom. The number of imidazole rings is 1. The van der Waals surface area contributed by atoms with Crippen molar-refractivity contribution in [2.24, 2.45) is 0 Å². The summed E-state index contributed by atoms with van der Waals surface area (Å²) in [6.45, 7) is 4.05. The van der Waals surface area contributed by atoms with Crippen LogP contribution in [0.2, 0.25) is 0 Å². The fraction of sp³-hybridized carbons (Fsp3) is 0.750. The second-order valence-electron chi connectivity index (χ2n) is 4.57. The summed E-state index contributed by atoms with van der Waals surface area (Å²) in [6.07, 6.45) is 8.92. The van der Waals surface area contributed by atoms with Gasteiger partial charge < -0.3 is 15.0 Å². The van der Waals surface area contributed by atoms with Crippen LogP contribution in [0.25, 0.3) is 0 Å². The Morgan fingerprint density at radius 2 is 2.62 bits per heavy atom. The van der Waals surface area contributed by atoms with E-state index in [2.05, 4.69) is 22.2 Å². The van der Waals surface area contributed by atoms with Gasteiger partial charge in [-0.05, 0) is 32.6 Å². The number of ether oxygens (including phenoxy) is 1. The predicted octanol–water partition coefficient (Wildman–Crippen LogP) is 1.85. The molecule has 4 nitrogen and oxygen atoms in total. The van der Waals surface area contributed by atoms with Gasteiger partial charge in [0.1, 0.15) is 0 Å². The highest BCUT2D eigenvalue weighted by atomic mass is 16.5. The van der Waals surface area contributed by atoms with Crippen molar-refractivity contribution in [1.29, 1.82) is 0 Å². The first-order valence-corrected chi connectivity index (χ1v) is 6.17. The van der Waals surface area contributed by atoms with Crippen molar-refractivity contribution in [3.8, 4) is 0 Å². The second kappa shape index (κ2) is 6.01. The van der Waals surface area contributed by atoms with Crippen LogP contribution < -0.4 is 5.32 Å². The molecule has 1 fully saturated rings. The first-order chi connectivity index (χ1) is 7.84. The maximum absolute atomic E-state index is 5.61. The van der Waals surface area contributed by atoms with E-state index in [-0.39, 0.29) is 0 Å². The Morgan fingerprint density at radius 1 is 1.69 bits per heavy atom. The minimum absolute atomic E-state index is 0.511. The van der Waals surface area contributed by atoms with Gasteiger partial charge in [0.15, 0.2) is 0 Å². The van der Waals surface area contributed by atoms with Gasteiger partial charge >= 0.3 is 0 Å². The lowest BCUT2D eigenvalue weighted by molar-refractivity contribution is 0.100. The normalized spacial score (nSPS) is 22.4. The minimum atomic E-state index is 0.511. The minimum Gasteiger partial charge on any atom is -0.378 e. The van der Waals surface area contributed by atoms with Crippen molar-refractivity contribution < 1.29 is 4.74 Å². The zero-order valence-electron chi connectivity index (χ0n) is 9.91. The van der Waals surface area contributed by atoms with E-state index >= 15 is 0 Å². The summed E-state index contributed by atoms with van der Waals surface area (Å²) in [4.78, 5) is 7.08. The number of nitrogens with one attached hydrogen (secondary N) is 2. The molecule has 1 aromatic heterocycles. The third-order valence-electron chi connectivity index (χ3n) is 3.14. The summed E-state index contributed by atoms with van der Waals surface area (Å²) in [5.74, 6) is 0. The number of rotatable bonds is 6. The molecule has 1 saturated heterocycles. The van der Waals surface area contributed by atoms with Crippen LogP contribution in [0.15, 0.2) is 12.5 Å². The molecule has 0 aromatic carbocycles. The number of aromatic amines is 1. The first-order valence-electron chi connectivity index (χ1n) is 6.17. The average Bonchev–Trinajstić information content (AvgIpc) is 2.96. The van der Waals surface area contributed by atoms with Gasteiger partial charge in [0.05, 0.1) is 12.4 Å². The van der Waals surface area contributed by atoms with Crippen molar-refractivity contribution in [3.63, 3.8) is 0 Å². The van der Waals surface area contributed by atoms with E-state index < -0.39 is 0 Å². The van der Waals surface area contributed by atoms with Crippen molar-refractivity contribution in [2.75, 3.05) is 6.61 Å². The van der Waals surface area contributed by atoms with Gasteiger partial charge in [-0.3, -0.25) is 0 Å². The highest BCUT2D eigenvalue weighted by Gasteiger charge is 2.16. The zero-order chi connectivity index (χ0) is 11.2. The molecule has 2 atom stereocenters. The van der Waals surface area contributed by atoms with Gasteiger partial charge in [-0.15, -0.1) is 0 Å². The van der Waals surface area contributed by atoms with Crippen LogP contribution in [0.1, 0.15) is 38.3 Å². The molecular formula is C12H21N3O. The smallest absolute Gasteiger partial charge is 0.0922 e. The Balaban J connectivity index is 1.58. The lowest BCUT2D eigenvalue weighted by Crippen LogP contribution is -2.26. The third-order valence-corrected chi connectivity index (χ3v) is 3.14. The summed E-state index contributed by atoms with van der Waals surface area (Å²) < 4.78 is 5.61. The largest absolute Gasteiger partial charge is 0.378 e. The summed E-state index contributed by atoms with van der Waals surface area (Å²) in [5.41, 5.74) is 1.14. The topological polar surface area (TPSA) is 49.9 Å². The average molecular weight is 223 g/mol. The molecule has 0 saturated carbocycles. The predicted molar refractivity (Wildman–Crippen MR) is 63.1 cm³/mol. The summed E-state index contributed by atoms with van der Waals surface area (Å²) in [5, 5.41) is 3.48. The Bertz CT molecular complexity index is 280. The van der Waals surface area contributed by atoms with Gasteiger partial charge in [0, 0.05) is 31.1 Å². The van der Waals surface area contributed by atoms with Crippen LogP contribution in [0.4, 0.5) is 0 Å². The third kappa shape index (κ3) is 3.61. The molecular weight excluding hydrogens is 202 g/mol. The second-order valence-corrected chi connectivity index (χ2v) is 4.57. The molecule has 90 valence electrons. The monoisotopic (exact) mass is 223 g/mol. The van der Waals surface area contributed by atoms with Gasteiger partial charge in [-0.25, -0.2) is 4.98 Å². The van der Waals surface area contributed by atoms with Crippen molar-refractivity contribution in [1.82, 2.24) is 15.3 Å². The van der Waals surface area contributed by atoms with E-state index in [0.717, 1.165) is 18.8 Å². The fourth-order valence-electron chi connectivity index (χ4n) is 2.08. The fourth-order valence-corrected chi connectivity index (χ4v) is 2.08. The van der Waals surface area contributed by atoms with Crippen LogP contribution >= 0.6 is 0 Å². The van der Waals surface area contributed by atoms with E-state index in [0.29, 0.717) is 12.1 Å². The van der Waals surface area contributed by atoms with E-state index in [4.69, 9.17) is 4.74 Å². The van der Waals surface area contributed by atoms with Gasteiger partial charge in [0.25, 0.3) is 0 Å². The highest BCUT2D eigenvalue weighted by molar-refractivity contribution is 4.93. The molecule has 16 heavy (non-hydrogen) atoms. The molecule has 2 heterocycles. The quantitative estimate of drug-likeness (QED) is 0.773. The van der Waals surface area contributed by atoms with Crippen LogP contribution in [0.3, 0.4) is 0 Å². The lowest BCUT2D eigenvalue weighted by Gasteiger charge is -2.15. The van der Waals surface area contributed by atoms with Crippen LogP contribution in [-0.2, 0) is 11.3 Å². The molecule has 0 spiro atoms. The van der Waals surface area contributed by atoms with E-state index in [1.54, 1.807) is 6.33 Å². The number of nitrogens with zero attached hydrogens (tertiary/aromatic N) is 1.